The van der Waals surface area contributed by atoms with Crippen molar-refractivity contribution in [2.75, 3.05) is 21.3 Å². The van der Waals surface area contributed by atoms with Crippen LogP contribution in [0.15, 0.2) is 30.3 Å². The molecule has 0 saturated carbocycles. The summed E-state index contributed by atoms with van der Waals surface area (Å²) in [6.45, 7) is 0. The van der Waals surface area contributed by atoms with Crippen LogP contribution in [0.3, 0.4) is 0 Å². The lowest BCUT2D eigenvalue weighted by Crippen LogP contribution is -1.97. The highest BCUT2D eigenvalue weighted by Gasteiger charge is 2.19. The summed E-state index contributed by atoms with van der Waals surface area (Å²) < 4.78 is 16.0. The van der Waals surface area contributed by atoms with Gasteiger partial charge in [0.15, 0.2) is 11.5 Å². The molecule has 0 saturated heterocycles. The third-order valence-corrected chi connectivity index (χ3v) is 3.19. The van der Waals surface area contributed by atoms with Gasteiger partial charge in [-0.05, 0) is 30.3 Å². The van der Waals surface area contributed by atoms with Gasteiger partial charge in [-0.1, -0.05) is 11.6 Å². The molecule has 0 aliphatic carbocycles. The maximum Gasteiger partial charge on any atom is 0.203 e. The first kappa shape index (κ1) is 14.3. The van der Waals surface area contributed by atoms with Crippen LogP contribution in [0.2, 0.25) is 5.02 Å². The number of phenolic OH excluding ortho intramolecular Hbond substituents is 1. The number of aromatic hydroxyl groups is 1. The topological polar surface area (TPSA) is 47.9 Å². The predicted molar refractivity (Wildman–Crippen MR) is 78.2 cm³/mol. The molecule has 0 fully saturated rings. The van der Waals surface area contributed by atoms with Crippen LogP contribution in [-0.2, 0) is 0 Å². The monoisotopic (exact) mass is 294 g/mol. The largest absolute Gasteiger partial charge is 0.507 e. The van der Waals surface area contributed by atoms with Crippen molar-refractivity contribution in [2.45, 2.75) is 0 Å². The van der Waals surface area contributed by atoms with Gasteiger partial charge in [-0.3, -0.25) is 0 Å². The quantitative estimate of drug-likeness (QED) is 0.933. The molecule has 0 bridgehead atoms. The minimum atomic E-state index is 0.111. The molecule has 4 nitrogen and oxygen atoms in total. The summed E-state index contributed by atoms with van der Waals surface area (Å²) in [5.41, 5.74) is 1.24. The van der Waals surface area contributed by atoms with Gasteiger partial charge in [0, 0.05) is 16.1 Å². The molecule has 2 aromatic carbocycles. The zero-order chi connectivity index (χ0) is 14.7. The van der Waals surface area contributed by atoms with Crippen LogP contribution in [0.5, 0.6) is 23.0 Å². The third-order valence-electron chi connectivity index (χ3n) is 2.95. The molecule has 5 heteroatoms. The Morgan fingerprint density at radius 2 is 1.55 bits per heavy atom. The zero-order valence-electron chi connectivity index (χ0n) is 11.4. The summed E-state index contributed by atoms with van der Waals surface area (Å²) >= 11 is 5.99. The number of rotatable bonds is 4. The molecule has 20 heavy (non-hydrogen) atoms. The molecular weight excluding hydrogens is 280 g/mol. The van der Waals surface area contributed by atoms with Gasteiger partial charge in [-0.2, -0.15) is 0 Å². The second-order valence-corrected chi connectivity index (χ2v) is 4.48. The molecule has 0 aromatic heterocycles. The van der Waals surface area contributed by atoms with Crippen LogP contribution in [-0.4, -0.2) is 26.4 Å². The number of ether oxygens (including phenoxy) is 3. The van der Waals surface area contributed by atoms with Crippen LogP contribution < -0.4 is 14.2 Å². The molecule has 0 unspecified atom stereocenters. The second kappa shape index (κ2) is 5.92. The van der Waals surface area contributed by atoms with Crippen molar-refractivity contribution >= 4 is 11.6 Å². The van der Waals surface area contributed by atoms with Gasteiger partial charge in [-0.25, -0.2) is 0 Å². The number of halogens is 1. The molecule has 106 valence electrons. The van der Waals surface area contributed by atoms with E-state index < -0.39 is 0 Å². The molecule has 0 atom stereocenters. The molecular formula is C15H15ClO4. The van der Waals surface area contributed by atoms with E-state index in [1.54, 1.807) is 31.4 Å². The van der Waals surface area contributed by atoms with Gasteiger partial charge in [-0.15, -0.1) is 0 Å². The third kappa shape index (κ3) is 2.47. The number of hydrogen-bond acceptors (Lipinski definition) is 4. The van der Waals surface area contributed by atoms with Crippen molar-refractivity contribution in [1.82, 2.24) is 0 Å². The van der Waals surface area contributed by atoms with Gasteiger partial charge < -0.3 is 19.3 Å². The average molecular weight is 295 g/mol. The van der Waals surface area contributed by atoms with Gasteiger partial charge in [0.05, 0.1) is 21.3 Å². The van der Waals surface area contributed by atoms with Gasteiger partial charge in [0.1, 0.15) is 5.75 Å². The van der Waals surface area contributed by atoms with Crippen LogP contribution >= 0.6 is 11.6 Å². The lowest BCUT2D eigenvalue weighted by atomic mass is 10.0. The van der Waals surface area contributed by atoms with Crippen molar-refractivity contribution in [1.29, 1.82) is 0 Å². The van der Waals surface area contributed by atoms with E-state index in [1.807, 2.05) is 0 Å². The summed E-state index contributed by atoms with van der Waals surface area (Å²) in [6, 6.07) is 8.35. The van der Waals surface area contributed by atoms with Gasteiger partial charge in [0.25, 0.3) is 0 Å². The molecule has 1 N–H and O–H groups in total. The molecule has 2 aromatic rings. The van der Waals surface area contributed by atoms with E-state index in [4.69, 9.17) is 25.8 Å². The van der Waals surface area contributed by atoms with E-state index in [0.717, 1.165) is 0 Å². The number of methoxy groups -OCH3 is 3. The minimum absolute atomic E-state index is 0.111. The number of hydrogen-bond donors (Lipinski definition) is 1. The van der Waals surface area contributed by atoms with Gasteiger partial charge in [0.2, 0.25) is 5.75 Å². The summed E-state index contributed by atoms with van der Waals surface area (Å²) in [7, 11) is 4.61. The van der Waals surface area contributed by atoms with Crippen LogP contribution in [0.1, 0.15) is 0 Å². The van der Waals surface area contributed by atoms with Crippen molar-refractivity contribution < 1.29 is 19.3 Å². The van der Waals surface area contributed by atoms with Crippen molar-refractivity contribution in [3.8, 4) is 34.1 Å². The van der Waals surface area contributed by atoms with Crippen LogP contribution in [0.25, 0.3) is 11.1 Å². The normalized spacial score (nSPS) is 10.2. The number of benzene rings is 2. The Bertz CT molecular complexity index is 626. The molecule has 0 radical (unpaired) electrons. The van der Waals surface area contributed by atoms with E-state index in [1.165, 1.54) is 20.3 Å². The highest BCUT2D eigenvalue weighted by Crippen LogP contribution is 2.46. The van der Waals surface area contributed by atoms with Crippen molar-refractivity contribution in [3.63, 3.8) is 0 Å². The molecule has 0 heterocycles. The van der Waals surface area contributed by atoms with Crippen molar-refractivity contribution in [2.24, 2.45) is 0 Å². The number of phenols is 1. The fourth-order valence-electron chi connectivity index (χ4n) is 2.04. The molecule has 2 rings (SSSR count). The van der Waals surface area contributed by atoms with E-state index >= 15 is 0 Å². The highest BCUT2D eigenvalue weighted by molar-refractivity contribution is 6.31. The average Bonchev–Trinajstić information content (AvgIpc) is 2.47. The first-order valence-corrected chi connectivity index (χ1v) is 6.28. The first-order chi connectivity index (χ1) is 9.62. The smallest absolute Gasteiger partial charge is 0.203 e. The minimum Gasteiger partial charge on any atom is -0.507 e. The molecule has 0 spiro atoms. The Balaban J connectivity index is 2.71. The maximum atomic E-state index is 10.0. The lowest BCUT2D eigenvalue weighted by Gasteiger charge is -2.16. The molecule has 0 amide bonds. The molecule has 0 aliphatic heterocycles. The SMILES string of the molecule is COc1ccc(-c2cc(Cl)ccc2O)c(OC)c1OC. The van der Waals surface area contributed by atoms with Crippen molar-refractivity contribution in [3.05, 3.63) is 35.4 Å². The zero-order valence-corrected chi connectivity index (χ0v) is 12.2. The first-order valence-electron chi connectivity index (χ1n) is 5.90. The highest BCUT2D eigenvalue weighted by atomic mass is 35.5. The standard InChI is InChI=1S/C15H15ClO4/c1-18-13-7-5-10(14(19-2)15(13)20-3)11-8-9(16)4-6-12(11)17/h4-8,17H,1-3H3. The Kier molecular flexibility index (Phi) is 4.25. The van der Waals surface area contributed by atoms with E-state index in [0.29, 0.717) is 33.4 Å². The van der Waals surface area contributed by atoms with E-state index in [2.05, 4.69) is 0 Å². The maximum absolute atomic E-state index is 10.0. The Labute approximate surface area is 122 Å². The summed E-state index contributed by atoms with van der Waals surface area (Å²) in [6.07, 6.45) is 0. The summed E-state index contributed by atoms with van der Waals surface area (Å²) in [4.78, 5) is 0. The lowest BCUT2D eigenvalue weighted by molar-refractivity contribution is 0.325. The fourth-order valence-corrected chi connectivity index (χ4v) is 2.21. The Morgan fingerprint density at radius 3 is 2.15 bits per heavy atom. The summed E-state index contributed by atoms with van der Waals surface area (Å²) in [5, 5.41) is 10.5. The second-order valence-electron chi connectivity index (χ2n) is 4.04. The molecule has 0 aliphatic rings. The van der Waals surface area contributed by atoms with E-state index in [9.17, 15) is 5.11 Å². The van der Waals surface area contributed by atoms with Crippen LogP contribution in [0.4, 0.5) is 0 Å². The predicted octanol–water partition coefficient (Wildman–Crippen LogP) is 3.74. The van der Waals surface area contributed by atoms with Gasteiger partial charge >= 0.3 is 0 Å². The van der Waals surface area contributed by atoms with E-state index in [-0.39, 0.29) is 5.75 Å². The Hall–Kier alpha value is -2.07. The Morgan fingerprint density at radius 1 is 0.850 bits per heavy atom. The van der Waals surface area contributed by atoms with Crippen LogP contribution in [0, 0.1) is 0 Å². The fraction of sp³-hybridized carbons (Fsp3) is 0.200. The summed E-state index contributed by atoms with van der Waals surface area (Å²) in [5.74, 6) is 1.60.